The van der Waals surface area contributed by atoms with Crippen LogP contribution in [0.25, 0.3) is 5.57 Å². The summed E-state index contributed by atoms with van der Waals surface area (Å²) in [5, 5.41) is 63.3. The molecule has 0 spiro atoms. The number of benzene rings is 2. The lowest BCUT2D eigenvalue weighted by atomic mass is 9.86. The van der Waals surface area contributed by atoms with Crippen LogP contribution in [0, 0.1) is 6.92 Å². The van der Waals surface area contributed by atoms with E-state index in [-0.39, 0.29) is 34.7 Å². The molecule has 0 bridgehead atoms. The number of nitrogens with zero attached hydrogens (tertiary/aromatic N) is 1. The number of nitrogen functional groups attached to an aromatic ring is 2. The average molecular weight is 425 g/mol. The van der Waals surface area contributed by atoms with Gasteiger partial charge in [-0.05, 0) is 43.2 Å². The Balaban J connectivity index is 2.50. The van der Waals surface area contributed by atoms with Crippen LogP contribution in [-0.4, -0.2) is 42.9 Å². The minimum atomic E-state index is -0.775. The van der Waals surface area contributed by atoms with Gasteiger partial charge in [0.1, 0.15) is 5.71 Å². The number of aromatic hydroxyl groups is 2. The summed E-state index contributed by atoms with van der Waals surface area (Å²) in [6, 6.07) is 7.62. The van der Waals surface area contributed by atoms with Crippen LogP contribution in [0.2, 0.25) is 0 Å². The van der Waals surface area contributed by atoms with Crippen molar-refractivity contribution in [1.82, 2.24) is 0 Å². The molecule has 1 aliphatic carbocycles. The summed E-state index contributed by atoms with van der Waals surface area (Å²) in [4.78, 5) is 3.89. The number of rotatable bonds is 3. The Morgan fingerprint density at radius 2 is 1.39 bits per heavy atom. The Kier molecular flexibility index (Phi) is 5.44. The molecule has 1 aliphatic rings. The molecule has 2 aromatic carbocycles. The van der Waals surface area contributed by atoms with Gasteiger partial charge in [0.15, 0.2) is 34.5 Å². The molecule has 10 N–H and O–H groups in total. The summed E-state index contributed by atoms with van der Waals surface area (Å²) in [5.74, 6) is -4.26. The highest BCUT2D eigenvalue weighted by molar-refractivity contribution is 6.13. The number of aliphatic hydroxyl groups is 4. The summed E-state index contributed by atoms with van der Waals surface area (Å²) >= 11 is 0. The van der Waals surface area contributed by atoms with E-state index in [1.165, 1.54) is 6.07 Å². The van der Waals surface area contributed by atoms with Gasteiger partial charge in [0.25, 0.3) is 0 Å². The van der Waals surface area contributed by atoms with E-state index in [1.54, 1.807) is 38.1 Å². The Morgan fingerprint density at radius 3 is 1.90 bits per heavy atom. The van der Waals surface area contributed by atoms with Gasteiger partial charge >= 0.3 is 0 Å². The van der Waals surface area contributed by atoms with Crippen molar-refractivity contribution in [2.75, 3.05) is 18.0 Å². The number of hydrogen-bond acceptors (Lipinski definition) is 9. The molecule has 0 aliphatic heterocycles. The SMILES string of the molecule is CCN=C1C(O)=C(O)C(=C(c2ccc(N)cc2)c2cc(C)c(N)c(O)c2O)C(O)=C1O. The van der Waals surface area contributed by atoms with Crippen LogP contribution in [0.4, 0.5) is 11.4 Å². The number of phenolic OH excluding ortho intramolecular Hbond substituents is 2. The number of aryl methyl sites for hydroxylation is 1. The normalized spacial score (nSPS) is 14.3. The van der Waals surface area contributed by atoms with Gasteiger partial charge in [0, 0.05) is 23.4 Å². The van der Waals surface area contributed by atoms with Crippen LogP contribution in [0.1, 0.15) is 23.6 Å². The first kappa shape index (κ1) is 21.4. The van der Waals surface area contributed by atoms with Gasteiger partial charge in [0.2, 0.25) is 0 Å². The second-order valence-electron chi connectivity index (χ2n) is 6.94. The molecule has 3 rings (SSSR count). The van der Waals surface area contributed by atoms with Crippen LogP contribution < -0.4 is 11.5 Å². The topological polar surface area (TPSA) is 186 Å². The van der Waals surface area contributed by atoms with E-state index < -0.39 is 34.5 Å². The van der Waals surface area contributed by atoms with E-state index >= 15 is 0 Å². The quantitative estimate of drug-likeness (QED) is 0.271. The third-order valence-electron chi connectivity index (χ3n) is 4.93. The van der Waals surface area contributed by atoms with Crippen molar-refractivity contribution in [1.29, 1.82) is 0 Å². The Hall–Kier alpha value is -4.27. The zero-order chi connectivity index (χ0) is 23.0. The monoisotopic (exact) mass is 425 g/mol. The number of anilines is 2. The standard InChI is InChI=1S/C22H23N3O6/c1-3-25-16-21(30)18(27)14(19(28)22(16)31)13(10-4-6-11(23)7-5-10)12-8-9(2)15(24)20(29)17(12)26/h4-8,26-31H,3,23-24H2,1-2H3. The Labute approximate surface area is 177 Å². The lowest BCUT2D eigenvalue weighted by Gasteiger charge is -2.23. The fourth-order valence-electron chi connectivity index (χ4n) is 3.31. The molecule has 0 atom stereocenters. The van der Waals surface area contributed by atoms with E-state index in [0.717, 1.165) is 0 Å². The summed E-state index contributed by atoms with van der Waals surface area (Å²) < 4.78 is 0. The molecule has 9 nitrogen and oxygen atoms in total. The van der Waals surface area contributed by atoms with Crippen molar-refractivity contribution in [2.45, 2.75) is 13.8 Å². The first-order valence-corrected chi connectivity index (χ1v) is 9.31. The molecular formula is C22H23N3O6. The number of aliphatic hydroxyl groups excluding tert-OH is 4. The number of aliphatic imine (C=N–C) groups is 1. The minimum Gasteiger partial charge on any atom is -0.504 e. The molecule has 31 heavy (non-hydrogen) atoms. The van der Waals surface area contributed by atoms with Crippen molar-refractivity contribution in [3.8, 4) is 11.5 Å². The van der Waals surface area contributed by atoms with Crippen molar-refractivity contribution < 1.29 is 30.6 Å². The molecule has 9 heteroatoms. The summed E-state index contributed by atoms with van der Waals surface area (Å²) in [5.41, 5.74) is 11.9. The van der Waals surface area contributed by atoms with Crippen LogP contribution in [0.3, 0.4) is 0 Å². The highest BCUT2D eigenvalue weighted by Crippen LogP contribution is 2.46. The van der Waals surface area contributed by atoms with E-state index in [2.05, 4.69) is 4.99 Å². The molecular weight excluding hydrogens is 402 g/mol. The highest BCUT2D eigenvalue weighted by Gasteiger charge is 2.34. The molecule has 162 valence electrons. The van der Waals surface area contributed by atoms with Gasteiger partial charge in [-0.2, -0.15) is 0 Å². The van der Waals surface area contributed by atoms with Crippen LogP contribution in [-0.2, 0) is 0 Å². The van der Waals surface area contributed by atoms with Crippen molar-refractivity contribution in [3.05, 3.63) is 75.6 Å². The van der Waals surface area contributed by atoms with Crippen LogP contribution >= 0.6 is 0 Å². The fourth-order valence-corrected chi connectivity index (χ4v) is 3.31. The van der Waals surface area contributed by atoms with Crippen LogP contribution in [0.5, 0.6) is 11.5 Å². The van der Waals surface area contributed by atoms with Crippen molar-refractivity contribution in [2.24, 2.45) is 4.99 Å². The maximum atomic E-state index is 10.7. The Bertz CT molecular complexity index is 1160. The molecule has 2 aromatic rings. The first-order chi connectivity index (χ1) is 14.6. The number of nitrogens with two attached hydrogens (primary N) is 2. The molecule has 0 aromatic heterocycles. The second kappa shape index (κ2) is 7.86. The first-order valence-electron chi connectivity index (χ1n) is 9.31. The van der Waals surface area contributed by atoms with Gasteiger partial charge < -0.3 is 42.1 Å². The lowest BCUT2D eigenvalue weighted by molar-refractivity contribution is 0.308. The molecule has 0 radical (unpaired) electrons. The molecule has 0 amide bonds. The fraction of sp³-hybridized carbons (Fsp3) is 0.136. The van der Waals surface area contributed by atoms with Gasteiger partial charge in [-0.3, -0.25) is 4.99 Å². The zero-order valence-corrected chi connectivity index (χ0v) is 16.9. The van der Waals surface area contributed by atoms with Gasteiger partial charge in [0.05, 0.1) is 11.3 Å². The highest BCUT2D eigenvalue weighted by atomic mass is 16.3. The predicted molar refractivity (Wildman–Crippen MR) is 118 cm³/mol. The van der Waals surface area contributed by atoms with Gasteiger partial charge in [-0.15, -0.1) is 0 Å². The largest absolute Gasteiger partial charge is 0.504 e. The van der Waals surface area contributed by atoms with Gasteiger partial charge in [-0.25, -0.2) is 0 Å². The van der Waals surface area contributed by atoms with E-state index in [0.29, 0.717) is 16.8 Å². The summed E-state index contributed by atoms with van der Waals surface area (Å²) in [6.07, 6.45) is 0. The van der Waals surface area contributed by atoms with E-state index in [4.69, 9.17) is 11.5 Å². The molecule has 0 fully saturated rings. The van der Waals surface area contributed by atoms with Gasteiger partial charge in [-0.1, -0.05) is 12.1 Å². The minimum absolute atomic E-state index is 0.000418. The van der Waals surface area contributed by atoms with E-state index in [1.807, 2.05) is 0 Å². The molecule has 0 heterocycles. The smallest absolute Gasteiger partial charge is 0.188 e. The second-order valence-corrected chi connectivity index (χ2v) is 6.94. The van der Waals surface area contributed by atoms with Crippen molar-refractivity contribution in [3.63, 3.8) is 0 Å². The molecule has 0 saturated heterocycles. The number of hydrogen-bond donors (Lipinski definition) is 8. The lowest BCUT2D eigenvalue weighted by Crippen LogP contribution is -2.20. The third-order valence-corrected chi connectivity index (χ3v) is 4.93. The zero-order valence-electron chi connectivity index (χ0n) is 16.9. The maximum absolute atomic E-state index is 10.7. The molecule has 0 saturated carbocycles. The van der Waals surface area contributed by atoms with Crippen molar-refractivity contribution >= 4 is 22.7 Å². The molecule has 0 unspecified atom stereocenters. The average Bonchev–Trinajstić information content (AvgIpc) is 2.75. The maximum Gasteiger partial charge on any atom is 0.188 e. The van der Waals surface area contributed by atoms with Crippen LogP contribution in [0.15, 0.2) is 63.9 Å². The van der Waals surface area contributed by atoms with E-state index in [9.17, 15) is 30.6 Å². The Morgan fingerprint density at radius 1 is 0.839 bits per heavy atom. The number of phenols is 2. The predicted octanol–water partition coefficient (Wildman–Crippen LogP) is 3.50. The summed E-state index contributed by atoms with van der Waals surface area (Å²) in [6.45, 7) is 3.40. The summed E-state index contributed by atoms with van der Waals surface area (Å²) in [7, 11) is 0. The third kappa shape index (κ3) is 3.46.